The zero-order chi connectivity index (χ0) is 13.4. The van der Waals surface area contributed by atoms with E-state index in [0.29, 0.717) is 24.3 Å². The molecule has 0 bridgehead atoms. The summed E-state index contributed by atoms with van der Waals surface area (Å²) in [6.45, 7) is 4.67. The van der Waals surface area contributed by atoms with Crippen LogP contribution in [0, 0.1) is 0 Å². The topological polar surface area (TPSA) is 52.6 Å². The normalized spacial score (nSPS) is 9.37. The van der Waals surface area contributed by atoms with Gasteiger partial charge in [0.2, 0.25) is 0 Å². The summed E-state index contributed by atoms with van der Waals surface area (Å²) in [5.41, 5.74) is 0.881. The second-order valence-corrected chi connectivity index (χ2v) is 3.85. The average Bonchev–Trinajstić information content (AvgIpc) is 2.42. The molecule has 19 heavy (non-hydrogen) atoms. The molecule has 1 aromatic carbocycles. The van der Waals surface area contributed by atoms with E-state index < -0.39 is 0 Å². The van der Waals surface area contributed by atoms with Crippen LogP contribution in [-0.4, -0.2) is 25.2 Å². The van der Waals surface area contributed by atoms with E-state index in [2.05, 4.69) is 0 Å². The Labute approximate surface area is 127 Å². The van der Waals surface area contributed by atoms with Crippen molar-refractivity contribution in [1.29, 1.82) is 0 Å². The number of rotatable bonds is 6. The van der Waals surface area contributed by atoms with Crippen LogP contribution in [0.25, 0.3) is 0 Å². The smallest absolute Gasteiger partial charge is 1.00 e. The molecule has 0 unspecified atom stereocenters. The van der Waals surface area contributed by atoms with Crippen molar-refractivity contribution in [2.45, 2.75) is 26.7 Å². The van der Waals surface area contributed by atoms with E-state index in [4.69, 9.17) is 9.47 Å². The van der Waals surface area contributed by atoms with Gasteiger partial charge in [0, 0.05) is 0 Å². The second-order valence-electron chi connectivity index (χ2n) is 3.85. The summed E-state index contributed by atoms with van der Waals surface area (Å²) < 4.78 is 9.97. The Hall–Kier alpha value is -1.24. The van der Waals surface area contributed by atoms with Crippen molar-refractivity contribution in [3.8, 4) is 0 Å². The van der Waals surface area contributed by atoms with E-state index in [-0.39, 0.29) is 32.2 Å². The quantitative estimate of drug-likeness (QED) is 0.530. The molecular weight excluding hydrogens is 239 g/mol. The van der Waals surface area contributed by atoms with Crippen LogP contribution in [0.4, 0.5) is 0 Å². The maximum absolute atomic E-state index is 11.5. The molecule has 0 spiro atoms. The predicted molar refractivity (Wildman–Crippen MR) is 68.7 cm³/mol. The van der Waals surface area contributed by atoms with E-state index >= 15 is 0 Å². The van der Waals surface area contributed by atoms with Gasteiger partial charge in [0.15, 0.2) is 0 Å². The SMILES string of the molecule is CCCOC(=O)c1ccc(C(=O)OCCC)cc1.[H-].[Li+]. The monoisotopic (exact) mass is 258 g/mol. The summed E-state index contributed by atoms with van der Waals surface area (Å²) in [7, 11) is 0. The Morgan fingerprint density at radius 2 is 1.21 bits per heavy atom. The molecule has 0 aliphatic rings. The zero-order valence-electron chi connectivity index (χ0n) is 12.8. The first-order chi connectivity index (χ1) is 8.69. The first kappa shape index (κ1) is 17.8. The van der Waals surface area contributed by atoms with Gasteiger partial charge in [-0.3, -0.25) is 0 Å². The van der Waals surface area contributed by atoms with Crippen molar-refractivity contribution in [1.82, 2.24) is 0 Å². The third kappa shape index (κ3) is 5.95. The second kappa shape index (κ2) is 9.66. The van der Waals surface area contributed by atoms with Crippen LogP contribution < -0.4 is 18.9 Å². The zero-order valence-corrected chi connectivity index (χ0v) is 11.8. The van der Waals surface area contributed by atoms with Crippen LogP contribution in [0.1, 0.15) is 48.8 Å². The third-order valence-electron chi connectivity index (χ3n) is 2.23. The molecule has 0 saturated heterocycles. The summed E-state index contributed by atoms with van der Waals surface area (Å²) in [5, 5.41) is 0. The van der Waals surface area contributed by atoms with E-state index in [1.165, 1.54) is 0 Å². The summed E-state index contributed by atoms with van der Waals surface area (Å²) in [4.78, 5) is 23.0. The molecule has 0 atom stereocenters. The molecule has 0 amide bonds. The Morgan fingerprint density at radius 3 is 1.47 bits per heavy atom. The largest absolute Gasteiger partial charge is 1.00 e. The van der Waals surface area contributed by atoms with Crippen LogP contribution in [0.15, 0.2) is 24.3 Å². The van der Waals surface area contributed by atoms with Crippen molar-refractivity contribution >= 4 is 11.9 Å². The van der Waals surface area contributed by atoms with Gasteiger partial charge in [-0.05, 0) is 37.1 Å². The molecule has 0 N–H and O–H groups in total. The summed E-state index contributed by atoms with van der Waals surface area (Å²) in [6.07, 6.45) is 1.57. The van der Waals surface area contributed by atoms with Gasteiger partial charge in [0.25, 0.3) is 0 Å². The molecule has 100 valence electrons. The van der Waals surface area contributed by atoms with Crippen molar-refractivity contribution in [3.05, 3.63) is 35.4 Å². The molecule has 0 saturated carbocycles. The molecule has 1 aromatic rings. The summed E-state index contributed by atoms with van der Waals surface area (Å²) in [6, 6.07) is 6.28. The molecule has 1 rings (SSSR count). The van der Waals surface area contributed by atoms with Crippen LogP contribution >= 0.6 is 0 Å². The predicted octanol–water partition coefficient (Wildman–Crippen LogP) is -0.0633. The van der Waals surface area contributed by atoms with Crippen LogP contribution in [-0.2, 0) is 9.47 Å². The van der Waals surface area contributed by atoms with Gasteiger partial charge in [-0.1, -0.05) is 13.8 Å². The molecule has 5 heteroatoms. The average molecular weight is 258 g/mol. The van der Waals surface area contributed by atoms with Gasteiger partial charge in [-0.25, -0.2) is 9.59 Å². The molecule has 0 heterocycles. The van der Waals surface area contributed by atoms with Crippen molar-refractivity contribution in [2.24, 2.45) is 0 Å². The maximum atomic E-state index is 11.5. The number of benzene rings is 1. The minimum Gasteiger partial charge on any atom is -1.00 e. The van der Waals surface area contributed by atoms with Gasteiger partial charge >= 0.3 is 30.8 Å². The molecule has 0 aromatic heterocycles. The summed E-state index contributed by atoms with van der Waals surface area (Å²) >= 11 is 0. The number of esters is 2. The minimum atomic E-state index is -0.370. The number of hydrogen-bond acceptors (Lipinski definition) is 4. The molecule has 0 radical (unpaired) electrons. The van der Waals surface area contributed by atoms with Gasteiger partial charge in [-0.2, -0.15) is 0 Å². The first-order valence-corrected chi connectivity index (χ1v) is 6.13. The summed E-state index contributed by atoms with van der Waals surface area (Å²) in [5.74, 6) is -0.740. The number of hydrogen-bond donors (Lipinski definition) is 0. The molecular formula is C14H19LiO4. The Balaban J connectivity index is 0. The van der Waals surface area contributed by atoms with Gasteiger partial charge in [-0.15, -0.1) is 0 Å². The number of carbonyl (C=O) groups is 2. The minimum absolute atomic E-state index is 0. The van der Waals surface area contributed by atoms with E-state index in [9.17, 15) is 9.59 Å². The van der Waals surface area contributed by atoms with Crippen molar-refractivity contribution in [3.63, 3.8) is 0 Å². The fourth-order valence-electron chi connectivity index (χ4n) is 1.30. The van der Waals surface area contributed by atoms with Gasteiger partial charge in [0.05, 0.1) is 24.3 Å². The van der Waals surface area contributed by atoms with E-state index in [0.717, 1.165) is 12.8 Å². The molecule has 0 aliphatic heterocycles. The molecule has 4 nitrogen and oxygen atoms in total. The van der Waals surface area contributed by atoms with Crippen LogP contribution in [0.5, 0.6) is 0 Å². The Kier molecular flexibility index (Phi) is 9.03. The van der Waals surface area contributed by atoms with E-state index in [1.54, 1.807) is 24.3 Å². The van der Waals surface area contributed by atoms with E-state index in [1.807, 2.05) is 13.8 Å². The maximum Gasteiger partial charge on any atom is 1.00 e. The molecule has 0 aliphatic carbocycles. The van der Waals surface area contributed by atoms with Crippen molar-refractivity contribution < 1.29 is 39.4 Å². The number of carbonyl (C=O) groups excluding carboxylic acids is 2. The first-order valence-electron chi connectivity index (χ1n) is 6.13. The Morgan fingerprint density at radius 1 is 0.895 bits per heavy atom. The van der Waals surface area contributed by atoms with Crippen molar-refractivity contribution in [2.75, 3.05) is 13.2 Å². The van der Waals surface area contributed by atoms with Crippen LogP contribution in [0.3, 0.4) is 0 Å². The standard InChI is InChI=1S/C14H18O4.Li.H/c1-3-9-17-13(15)11-5-7-12(8-6-11)14(16)18-10-4-2;;/h5-8H,3-4,9-10H2,1-2H3;;/q;+1;-1. The van der Waals surface area contributed by atoms with Gasteiger partial charge < -0.3 is 10.9 Å². The van der Waals surface area contributed by atoms with Crippen LogP contribution in [0.2, 0.25) is 0 Å². The Bertz CT molecular complexity index is 367. The van der Waals surface area contributed by atoms with Gasteiger partial charge in [0.1, 0.15) is 0 Å². The molecule has 0 fully saturated rings. The fraction of sp³-hybridized carbons (Fsp3) is 0.429. The third-order valence-corrected chi connectivity index (χ3v) is 2.23. The fourth-order valence-corrected chi connectivity index (χ4v) is 1.30. The number of ether oxygens (including phenoxy) is 2.